The van der Waals surface area contributed by atoms with Crippen molar-refractivity contribution in [3.8, 4) is 22.5 Å². The van der Waals surface area contributed by atoms with E-state index in [1.165, 1.54) is 6.07 Å². The summed E-state index contributed by atoms with van der Waals surface area (Å²) < 4.78 is 29.8. The van der Waals surface area contributed by atoms with E-state index in [0.717, 1.165) is 28.6 Å². The number of rotatable bonds is 0. The fourth-order valence-electron chi connectivity index (χ4n) is 4.40. The second-order valence-corrected chi connectivity index (χ2v) is 9.46. The van der Waals surface area contributed by atoms with Gasteiger partial charge in [0, 0.05) is 28.0 Å². The molecule has 3 heterocycles. The Bertz CT molecular complexity index is 1260. The van der Waals surface area contributed by atoms with Crippen LogP contribution in [-0.2, 0) is 10.8 Å². The average molecular weight is 427 g/mol. The van der Waals surface area contributed by atoms with E-state index in [4.69, 9.17) is 9.97 Å². The molecule has 2 nitrogen and oxygen atoms in total. The van der Waals surface area contributed by atoms with Crippen LogP contribution < -0.4 is 0 Å². The highest BCUT2D eigenvalue weighted by molar-refractivity contribution is 5.71. The van der Waals surface area contributed by atoms with Crippen molar-refractivity contribution < 1.29 is 8.78 Å². The van der Waals surface area contributed by atoms with Gasteiger partial charge < -0.3 is 0 Å². The van der Waals surface area contributed by atoms with Crippen LogP contribution >= 0.6 is 0 Å². The number of benzene rings is 2. The monoisotopic (exact) mass is 426 g/mol. The fraction of sp³-hybridized carbons (Fsp3) is 0.214. The minimum absolute atomic E-state index is 0.260. The van der Waals surface area contributed by atoms with E-state index in [1.54, 1.807) is 12.1 Å². The Morgan fingerprint density at radius 1 is 0.562 bits per heavy atom. The van der Waals surface area contributed by atoms with Crippen LogP contribution in [0.3, 0.4) is 0 Å². The van der Waals surface area contributed by atoms with Gasteiger partial charge >= 0.3 is 0 Å². The number of aromatic nitrogens is 2. The third-order valence-electron chi connectivity index (χ3n) is 6.69. The highest BCUT2D eigenvalue weighted by atomic mass is 19.1. The van der Waals surface area contributed by atoms with Crippen molar-refractivity contribution in [2.45, 2.75) is 38.5 Å². The van der Waals surface area contributed by atoms with Crippen LogP contribution in [0.2, 0.25) is 0 Å². The second kappa shape index (κ2) is 7.06. The van der Waals surface area contributed by atoms with Crippen molar-refractivity contribution in [3.05, 3.63) is 107 Å². The maximum absolute atomic E-state index is 14.9. The van der Waals surface area contributed by atoms with Crippen molar-refractivity contribution in [1.29, 1.82) is 0 Å². The van der Waals surface area contributed by atoms with Gasteiger partial charge in [-0.1, -0.05) is 64.1 Å². The lowest BCUT2D eigenvalue weighted by molar-refractivity contribution is 0.582. The summed E-state index contributed by atoms with van der Waals surface area (Å²) in [6.07, 6.45) is 0. The zero-order valence-corrected chi connectivity index (χ0v) is 18.6. The molecule has 8 bridgehead atoms. The summed E-state index contributed by atoms with van der Waals surface area (Å²) in [6, 6.07) is 22.1. The molecule has 4 aromatic rings. The first-order valence-corrected chi connectivity index (χ1v) is 10.7. The molecule has 1 aliphatic rings. The minimum atomic E-state index is -0.640. The Balaban J connectivity index is 1.89. The molecule has 4 heteroatoms. The number of pyridine rings is 2. The molecule has 0 N–H and O–H groups in total. The van der Waals surface area contributed by atoms with Crippen LogP contribution in [0.25, 0.3) is 22.5 Å². The van der Waals surface area contributed by atoms with E-state index in [1.807, 2.05) is 24.3 Å². The first-order chi connectivity index (χ1) is 15.2. The van der Waals surface area contributed by atoms with Gasteiger partial charge in [-0.25, -0.2) is 8.78 Å². The molecular weight excluding hydrogens is 402 g/mol. The summed E-state index contributed by atoms with van der Waals surface area (Å²) in [7, 11) is 0. The van der Waals surface area contributed by atoms with Crippen molar-refractivity contribution in [3.63, 3.8) is 0 Å². The molecule has 0 aliphatic carbocycles. The van der Waals surface area contributed by atoms with Gasteiger partial charge in [-0.3, -0.25) is 9.97 Å². The lowest BCUT2D eigenvalue weighted by Crippen LogP contribution is -2.24. The Labute approximate surface area is 187 Å². The van der Waals surface area contributed by atoms with E-state index in [2.05, 4.69) is 52.0 Å². The largest absolute Gasteiger partial charge is 0.252 e. The lowest BCUT2D eigenvalue weighted by atomic mass is 9.75. The summed E-state index contributed by atoms with van der Waals surface area (Å²) >= 11 is 0. The summed E-state index contributed by atoms with van der Waals surface area (Å²) in [6.45, 7) is 8.45. The van der Waals surface area contributed by atoms with Gasteiger partial charge in [0.05, 0.1) is 22.8 Å². The van der Waals surface area contributed by atoms with E-state index in [0.29, 0.717) is 11.4 Å². The maximum Gasteiger partial charge on any atom is 0.135 e. The lowest BCUT2D eigenvalue weighted by Gasteiger charge is -2.30. The number of hydrogen-bond acceptors (Lipinski definition) is 2. The summed E-state index contributed by atoms with van der Waals surface area (Å²) in [4.78, 5) is 9.63. The normalized spacial score (nSPS) is 15.7. The van der Waals surface area contributed by atoms with Gasteiger partial charge in [-0.05, 0) is 41.5 Å². The number of halogens is 2. The average Bonchev–Trinajstić information content (AvgIpc) is 2.79. The van der Waals surface area contributed by atoms with Crippen LogP contribution in [0, 0.1) is 11.6 Å². The van der Waals surface area contributed by atoms with Crippen LogP contribution in [0.4, 0.5) is 8.78 Å². The zero-order chi connectivity index (χ0) is 22.7. The molecule has 5 rings (SSSR count). The first-order valence-electron chi connectivity index (χ1n) is 10.7. The number of fused-ring (bicyclic) bond motifs is 10. The van der Waals surface area contributed by atoms with E-state index in [9.17, 15) is 8.78 Å². The van der Waals surface area contributed by atoms with Gasteiger partial charge in [-0.15, -0.1) is 0 Å². The van der Waals surface area contributed by atoms with Gasteiger partial charge in [0.15, 0.2) is 0 Å². The topological polar surface area (TPSA) is 25.8 Å². The highest BCUT2D eigenvalue weighted by Gasteiger charge is 2.30. The van der Waals surface area contributed by atoms with Crippen LogP contribution in [-0.4, -0.2) is 9.97 Å². The van der Waals surface area contributed by atoms with E-state index >= 15 is 0 Å². The highest BCUT2D eigenvalue weighted by Crippen LogP contribution is 2.38. The molecule has 0 amide bonds. The molecule has 0 spiro atoms. The third kappa shape index (κ3) is 3.13. The molecule has 0 saturated carbocycles. The van der Waals surface area contributed by atoms with Crippen LogP contribution in [0.1, 0.15) is 50.2 Å². The molecule has 0 saturated heterocycles. The summed E-state index contributed by atoms with van der Waals surface area (Å²) in [5.74, 6) is -1.28. The van der Waals surface area contributed by atoms with Gasteiger partial charge in [0.1, 0.15) is 11.6 Å². The quantitative estimate of drug-likeness (QED) is 0.301. The number of nitrogens with zero attached hydrogens (tertiary/aromatic N) is 2. The number of hydrogen-bond donors (Lipinski definition) is 0. The van der Waals surface area contributed by atoms with Crippen molar-refractivity contribution in [2.24, 2.45) is 0 Å². The Kier molecular flexibility index (Phi) is 4.52. The smallest absolute Gasteiger partial charge is 0.135 e. The van der Waals surface area contributed by atoms with E-state index < -0.39 is 22.5 Å². The predicted molar refractivity (Wildman–Crippen MR) is 124 cm³/mol. The van der Waals surface area contributed by atoms with Crippen LogP contribution in [0.15, 0.2) is 72.8 Å². The summed E-state index contributed by atoms with van der Waals surface area (Å²) in [5.41, 5.74) is 4.50. The van der Waals surface area contributed by atoms with Gasteiger partial charge in [0.25, 0.3) is 0 Å². The van der Waals surface area contributed by atoms with Gasteiger partial charge in [0.2, 0.25) is 0 Å². The predicted octanol–water partition coefficient (Wildman–Crippen LogP) is 7.05. The Morgan fingerprint density at radius 3 is 1.47 bits per heavy atom. The third-order valence-corrected chi connectivity index (χ3v) is 6.69. The first kappa shape index (κ1) is 20.5. The molecule has 1 aliphatic heterocycles. The van der Waals surface area contributed by atoms with Crippen molar-refractivity contribution >= 4 is 0 Å². The van der Waals surface area contributed by atoms with Gasteiger partial charge in [-0.2, -0.15) is 0 Å². The Hall–Kier alpha value is -3.40. The van der Waals surface area contributed by atoms with Crippen molar-refractivity contribution in [2.75, 3.05) is 0 Å². The SMILES string of the molecule is CC1(C)c2cccc(c2)C(C)(C)c2cccc(n2)-c2cc(c(F)cc2F)-c2cccc1n2. The molecule has 0 unspecified atom stereocenters. The molecular formula is C28H24F2N2. The standard InChI is InChI=1S/C28H24F2N2/c1-27(2)17-8-5-9-18(14-17)28(3,4)26-13-7-11-24(32-26)20-15-19(21(29)16-22(20)30)23-10-6-12-25(27)31-23/h5-16H,1-4H3. The fourth-order valence-corrected chi connectivity index (χ4v) is 4.40. The molecule has 0 radical (unpaired) electrons. The zero-order valence-electron chi connectivity index (χ0n) is 18.6. The van der Waals surface area contributed by atoms with E-state index in [-0.39, 0.29) is 11.1 Å². The molecule has 2 aromatic heterocycles. The molecule has 160 valence electrons. The Morgan fingerprint density at radius 2 is 1.00 bits per heavy atom. The molecule has 0 atom stereocenters. The second-order valence-electron chi connectivity index (χ2n) is 9.46. The van der Waals surface area contributed by atoms with Crippen molar-refractivity contribution in [1.82, 2.24) is 9.97 Å². The molecule has 32 heavy (non-hydrogen) atoms. The minimum Gasteiger partial charge on any atom is -0.252 e. The molecule has 2 aromatic carbocycles. The van der Waals surface area contributed by atoms with Crippen LogP contribution in [0.5, 0.6) is 0 Å². The summed E-state index contributed by atoms with van der Waals surface area (Å²) in [5, 5.41) is 0. The maximum atomic E-state index is 14.9. The molecule has 0 fully saturated rings.